The summed E-state index contributed by atoms with van der Waals surface area (Å²) in [4.78, 5) is 0. The molecular weight excluding hydrogens is 268 g/mol. The van der Waals surface area contributed by atoms with Gasteiger partial charge in [0.1, 0.15) is 0 Å². The van der Waals surface area contributed by atoms with Crippen molar-refractivity contribution in [3.63, 3.8) is 0 Å². The zero-order valence-corrected chi connectivity index (χ0v) is 12.5. The van der Waals surface area contributed by atoms with E-state index in [2.05, 4.69) is 6.07 Å². The van der Waals surface area contributed by atoms with Gasteiger partial charge in [0.15, 0.2) is 17.6 Å². The highest BCUT2D eigenvalue weighted by Crippen LogP contribution is 2.28. The molecule has 3 rings (SSSR count). The van der Waals surface area contributed by atoms with Gasteiger partial charge in [0.05, 0.1) is 20.0 Å². The van der Waals surface area contributed by atoms with E-state index in [-0.39, 0.29) is 6.29 Å². The van der Waals surface area contributed by atoms with Crippen molar-refractivity contribution in [2.24, 2.45) is 0 Å². The maximum Gasteiger partial charge on any atom is 0.175 e. The summed E-state index contributed by atoms with van der Waals surface area (Å²) in [5.74, 6) is 0.795. The molecule has 1 aliphatic heterocycles. The molecule has 1 aromatic carbocycles. The Morgan fingerprint density at radius 3 is 3.05 bits per heavy atom. The van der Waals surface area contributed by atoms with Gasteiger partial charge >= 0.3 is 0 Å². The van der Waals surface area contributed by atoms with E-state index in [1.807, 2.05) is 12.1 Å². The van der Waals surface area contributed by atoms with Crippen molar-refractivity contribution < 1.29 is 18.6 Å². The predicted molar refractivity (Wildman–Crippen MR) is 80.6 cm³/mol. The standard InChI is InChI=1S/C17H22O4/c1-18-15-12-13(11-14-7-10-21-17(14)15)5-4-9-20-16-6-2-3-8-19-16/h7,10-12,16H,2-6,8-9H2,1H3. The summed E-state index contributed by atoms with van der Waals surface area (Å²) in [5.41, 5.74) is 2.06. The number of fused-ring (bicyclic) bond motifs is 1. The van der Waals surface area contributed by atoms with Crippen molar-refractivity contribution in [2.75, 3.05) is 20.3 Å². The maximum absolute atomic E-state index is 5.76. The fraction of sp³-hybridized carbons (Fsp3) is 0.529. The molecule has 1 unspecified atom stereocenters. The molecule has 114 valence electrons. The van der Waals surface area contributed by atoms with Crippen LogP contribution in [-0.4, -0.2) is 26.6 Å². The van der Waals surface area contributed by atoms with Crippen LogP contribution in [0.2, 0.25) is 0 Å². The maximum atomic E-state index is 5.76. The van der Waals surface area contributed by atoms with Crippen molar-refractivity contribution in [3.8, 4) is 5.75 Å². The molecular formula is C17H22O4. The van der Waals surface area contributed by atoms with Crippen LogP contribution in [-0.2, 0) is 15.9 Å². The van der Waals surface area contributed by atoms with E-state index in [4.69, 9.17) is 18.6 Å². The summed E-state index contributed by atoms with van der Waals surface area (Å²) < 4.78 is 22.1. The number of benzene rings is 1. The lowest BCUT2D eigenvalue weighted by Gasteiger charge is -2.22. The van der Waals surface area contributed by atoms with E-state index in [9.17, 15) is 0 Å². The lowest BCUT2D eigenvalue weighted by atomic mass is 10.1. The second-order valence-electron chi connectivity index (χ2n) is 5.41. The summed E-state index contributed by atoms with van der Waals surface area (Å²) in [6.45, 7) is 1.56. The van der Waals surface area contributed by atoms with E-state index in [0.717, 1.165) is 55.6 Å². The molecule has 0 bridgehead atoms. The Labute approximate surface area is 125 Å². The van der Waals surface area contributed by atoms with Crippen LogP contribution in [0.25, 0.3) is 11.0 Å². The molecule has 1 aliphatic rings. The van der Waals surface area contributed by atoms with Gasteiger partial charge in [0.2, 0.25) is 0 Å². The molecule has 4 heteroatoms. The normalized spacial score (nSPS) is 19.0. The van der Waals surface area contributed by atoms with E-state index in [1.165, 1.54) is 12.0 Å². The number of hydrogen-bond acceptors (Lipinski definition) is 4. The van der Waals surface area contributed by atoms with Crippen molar-refractivity contribution in [1.82, 2.24) is 0 Å². The molecule has 0 radical (unpaired) electrons. The van der Waals surface area contributed by atoms with Gasteiger partial charge < -0.3 is 18.6 Å². The first kappa shape index (κ1) is 14.4. The van der Waals surface area contributed by atoms with Crippen molar-refractivity contribution in [2.45, 2.75) is 38.4 Å². The molecule has 0 saturated carbocycles. The minimum Gasteiger partial charge on any atom is -0.493 e. The summed E-state index contributed by atoms with van der Waals surface area (Å²) in [5, 5.41) is 1.08. The van der Waals surface area contributed by atoms with Gasteiger partial charge in [0, 0.05) is 12.0 Å². The van der Waals surface area contributed by atoms with Crippen LogP contribution >= 0.6 is 0 Å². The Morgan fingerprint density at radius 1 is 1.29 bits per heavy atom. The fourth-order valence-corrected chi connectivity index (χ4v) is 2.74. The Hall–Kier alpha value is -1.52. The van der Waals surface area contributed by atoms with Crippen LogP contribution in [0.3, 0.4) is 0 Å². The predicted octanol–water partition coefficient (Wildman–Crippen LogP) is 3.92. The molecule has 1 saturated heterocycles. The first-order valence-electron chi connectivity index (χ1n) is 7.64. The van der Waals surface area contributed by atoms with Crippen LogP contribution < -0.4 is 4.74 Å². The van der Waals surface area contributed by atoms with Gasteiger partial charge in [-0.3, -0.25) is 0 Å². The Morgan fingerprint density at radius 2 is 2.24 bits per heavy atom. The lowest BCUT2D eigenvalue weighted by Crippen LogP contribution is -2.22. The van der Waals surface area contributed by atoms with Crippen LogP contribution in [0.5, 0.6) is 5.75 Å². The summed E-state index contributed by atoms with van der Waals surface area (Å²) in [6, 6.07) is 6.16. The lowest BCUT2D eigenvalue weighted by molar-refractivity contribution is -0.162. The Balaban J connectivity index is 1.52. The number of hydrogen-bond donors (Lipinski definition) is 0. The molecule has 1 aromatic heterocycles. The van der Waals surface area contributed by atoms with Crippen LogP contribution in [0.15, 0.2) is 28.9 Å². The zero-order chi connectivity index (χ0) is 14.5. The molecule has 1 fully saturated rings. The minimum atomic E-state index is 0.00430. The molecule has 21 heavy (non-hydrogen) atoms. The van der Waals surface area contributed by atoms with Crippen molar-refractivity contribution >= 4 is 11.0 Å². The number of aryl methyl sites for hydroxylation is 1. The smallest absolute Gasteiger partial charge is 0.175 e. The van der Waals surface area contributed by atoms with Crippen LogP contribution in [0.1, 0.15) is 31.2 Å². The summed E-state index contributed by atoms with van der Waals surface area (Å²) in [7, 11) is 1.67. The molecule has 0 spiro atoms. The third-order valence-corrected chi connectivity index (χ3v) is 3.85. The fourth-order valence-electron chi connectivity index (χ4n) is 2.74. The zero-order valence-electron chi connectivity index (χ0n) is 12.5. The first-order valence-corrected chi connectivity index (χ1v) is 7.64. The largest absolute Gasteiger partial charge is 0.493 e. The van der Waals surface area contributed by atoms with E-state index in [0.29, 0.717) is 0 Å². The first-order chi connectivity index (χ1) is 10.4. The molecule has 1 atom stereocenters. The third kappa shape index (κ3) is 3.57. The van der Waals surface area contributed by atoms with Gasteiger partial charge in [-0.15, -0.1) is 0 Å². The van der Waals surface area contributed by atoms with E-state index in [1.54, 1.807) is 13.4 Å². The number of rotatable bonds is 6. The summed E-state index contributed by atoms with van der Waals surface area (Å²) in [6.07, 6.45) is 7.03. The minimum absolute atomic E-state index is 0.00430. The van der Waals surface area contributed by atoms with Gasteiger partial charge in [-0.05, 0) is 55.9 Å². The number of ether oxygens (including phenoxy) is 3. The highest BCUT2D eigenvalue weighted by atomic mass is 16.7. The van der Waals surface area contributed by atoms with Crippen molar-refractivity contribution in [3.05, 3.63) is 30.0 Å². The van der Waals surface area contributed by atoms with Gasteiger partial charge in [0.25, 0.3) is 0 Å². The van der Waals surface area contributed by atoms with Gasteiger partial charge in [-0.1, -0.05) is 0 Å². The molecule has 4 nitrogen and oxygen atoms in total. The van der Waals surface area contributed by atoms with Crippen molar-refractivity contribution in [1.29, 1.82) is 0 Å². The molecule has 0 aliphatic carbocycles. The molecule has 2 heterocycles. The average molecular weight is 290 g/mol. The molecule has 0 N–H and O–H groups in total. The monoisotopic (exact) mass is 290 g/mol. The average Bonchev–Trinajstić information content (AvgIpc) is 3.00. The quantitative estimate of drug-likeness (QED) is 0.756. The van der Waals surface area contributed by atoms with Gasteiger partial charge in [-0.25, -0.2) is 0 Å². The number of furan rings is 1. The second kappa shape index (κ2) is 6.96. The Kier molecular flexibility index (Phi) is 4.78. The number of methoxy groups -OCH3 is 1. The summed E-state index contributed by atoms with van der Waals surface area (Å²) >= 11 is 0. The van der Waals surface area contributed by atoms with Crippen LogP contribution in [0.4, 0.5) is 0 Å². The van der Waals surface area contributed by atoms with E-state index < -0.39 is 0 Å². The highest BCUT2D eigenvalue weighted by Gasteiger charge is 2.13. The molecule has 2 aromatic rings. The third-order valence-electron chi connectivity index (χ3n) is 3.85. The highest BCUT2D eigenvalue weighted by molar-refractivity contribution is 5.83. The molecule has 0 amide bonds. The van der Waals surface area contributed by atoms with Gasteiger partial charge in [-0.2, -0.15) is 0 Å². The Bertz CT molecular complexity index is 569. The van der Waals surface area contributed by atoms with E-state index >= 15 is 0 Å². The second-order valence-corrected chi connectivity index (χ2v) is 5.41. The van der Waals surface area contributed by atoms with Crippen LogP contribution in [0, 0.1) is 0 Å². The topological polar surface area (TPSA) is 40.8 Å². The SMILES string of the molecule is COc1cc(CCCOC2CCCCO2)cc2ccoc12.